The maximum absolute atomic E-state index is 12.5. The summed E-state index contributed by atoms with van der Waals surface area (Å²) >= 11 is 0. The van der Waals surface area contributed by atoms with Crippen LogP contribution < -0.4 is 4.52 Å². The molecule has 9 heteroatoms. The molecule has 0 bridgehead atoms. The first-order chi connectivity index (χ1) is 12.7. The Morgan fingerprint density at radius 2 is 1.93 bits per heavy atom. The van der Waals surface area contributed by atoms with Gasteiger partial charge in [-0.15, -0.1) is 0 Å². The fourth-order valence-electron chi connectivity index (χ4n) is 2.26. The summed E-state index contributed by atoms with van der Waals surface area (Å²) in [4.78, 5) is 22.9. The van der Waals surface area contributed by atoms with Gasteiger partial charge in [0.2, 0.25) is 6.79 Å². The van der Waals surface area contributed by atoms with Gasteiger partial charge in [0.15, 0.2) is 0 Å². The fraction of sp³-hybridized carbons (Fsp3) is 0.556. The molecule has 2 rings (SSSR count). The SMILES string of the molecule is CC(C)OC(=O)OCOC(=O)CCc1ccc2c(c1)COP(=O)(C(C)C)O2. The second kappa shape index (κ2) is 9.24. The number of rotatable bonds is 7. The Balaban J connectivity index is 1.79. The number of carbonyl (C=O) groups excluding carboxylic acids is 2. The van der Waals surface area contributed by atoms with Gasteiger partial charge in [0.05, 0.1) is 18.4 Å². The highest BCUT2D eigenvalue weighted by molar-refractivity contribution is 7.55. The van der Waals surface area contributed by atoms with Gasteiger partial charge in [-0.2, -0.15) is 0 Å². The molecule has 0 aromatic heterocycles. The van der Waals surface area contributed by atoms with Gasteiger partial charge in [-0.3, -0.25) is 9.32 Å². The van der Waals surface area contributed by atoms with Crippen molar-refractivity contribution in [2.75, 3.05) is 6.79 Å². The van der Waals surface area contributed by atoms with E-state index in [1.54, 1.807) is 39.8 Å². The van der Waals surface area contributed by atoms with Crippen molar-refractivity contribution in [2.45, 2.75) is 58.9 Å². The quantitative estimate of drug-likeness (QED) is 0.382. The zero-order valence-electron chi connectivity index (χ0n) is 15.9. The molecule has 0 saturated carbocycles. The highest BCUT2D eigenvalue weighted by Crippen LogP contribution is 2.56. The summed E-state index contributed by atoms with van der Waals surface area (Å²) in [5.41, 5.74) is 1.45. The van der Waals surface area contributed by atoms with Crippen molar-refractivity contribution in [3.05, 3.63) is 29.3 Å². The molecule has 1 aliphatic rings. The third-order valence-electron chi connectivity index (χ3n) is 3.73. The average molecular weight is 400 g/mol. The molecule has 8 nitrogen and oxygen atoms in total. The topological polar surface area (TPSA) is 97.4 Å². The molecule has 0 fully saturated rings. The second-order valence-electron chi connectivity index (χ2n) is 6.64. The molecule has 1 heterocycles. The molecule has 1 aromatic rings. The molecule has 1 aliphatic heterocycles. The number of hydrogen-bond donors (Lipinski definition) is 0. The van der Waals surface area contributed by atoms with E-state index >= 15 is 0 Å². The molecule has 0 radical (unpaired) electrons. The molecule has 1 atom stereocenters. The Hall–Kier alpha value is -2.05. The number of esters is 1. The Labute approximate surface area is 158 Å². The lowest BCUT2D eigenvalue weighted by molar-refractivity contribution is -0.153. The Bertz CT molecular complexity index is 728. The van der Waals surface area contributed by atoms with Gasteiger partial charge in [0.1, 0.15) is 5.75 Å². The molecule has 0 saturated heterocycles. The first kappa shape index (κ1) is 21.3. The number of carbonyl (C=O) groups is 2. The normalized spacial score (nSPS) is 18.6. The fourth-order valence-corrected chi connectivity index (χ4v) is 3.59. The lowest BCUT2D eigenvalue weighted by Crippen LogP contribution is -2.17. The van der Waals surface area contributed by atoms with E-state index in [9.17, 15) is 14.2 Å². The molecular weight excluding hydrogens is 375 g/mol. The molecule has 0 spiro atoms. The van der Waals surface area contributed by atoms with Crippen LogP contribution in [0.5, 0.6) is 5.75 Å². The lowest BCUT2D eigenvalue weighted by atomic mass is 10.1. The maximum atomic E-state index is 12.5. The van der Waals surface area contributed by atoms with Crippen LogP contribution in [0, 0.1) is 0 Å². The van der Waals surface area contributed by atoms with Crippen molar-refractivity contribution >= 4 is 19.7 Å². The van der Waals surface area contributed by atoms with Crippen LogP contribution in [-0.2, 0) is 41.1 Å². The van der Waals surface area contributed by atoms with Gasteiger partial charge in [-0.1, -0.05) is 19.9 Å². The van der Waals surface area contributed by atoms with E-state index in [0.717, 1.165) is 11.1 Å². The molecule has 1 unspecified atom stereocenters. The number of benzene rings is 1. The van der Waals surface area contributed by atoms with Crippen molar-refractivity contribution in [3.63, 3.8) is 0 Å². The predicted octanol–water partition coefficient (Wildman–Crippen LogP) is 4.19. The summed E-state index contributed by atoms with van der Waals surface area (Å²) in [5, 5.41) is 0. The zero-order valence-corrected chi connectivity index (χ0v) is 16.8. The minimum atomic E-state index is -3.12. The van der Waals surface area contributed by atoms with Crippen LogP contribution >= 0.6 is 7.60 Å². The summed E-state index contributed by atoms with van der Waals surface area (Å²) < 4.78 is 37.6. The minimum Gasteiger partial charge on any atom is -0.431 e. The van der Waals surface area contributed by atoms with Gasteiger partial charge < -0.3 is 18.7 Å². The van der Waals surface area contributed by atoms with E-state index in [2.05, 4.69) is 4.74 Å². The molecule has 1 aromatic carbocycles. The van der Waals surface area contributed by atoms with E-state index in [1.165, 1.54) is 0 Å². The summed E-state index contributed by atoms with van der Waals surface area (Å²) in [6, 6.07) is 5.39. The molecule has 27 heavy (non-hydrogen) atoms. The highest BCUT2D eigenvalue weighted by atomic mass is 31.2. The van der Waals surface area contributed by atoms with Crippen LogP contribution in [0.4, 0.5) is 4.79 Å². The van der Waals surface area contributed by atoms with Crippen molar-refractivity contribution in [1.82, 2.24) is 0 Å². The van der Waals surface area contributed by atoms with E-state index in [4.69, 9.17) is 18.5 Å². The Morgan fingerprint density at radius 1 is 1.19 bits per heavy atom. The molecule has 150 valence electrons. The first-order valence-electron chi connectivity index (χ1n) is 8.74. The van der Waals surface area contributed by atoms with E-state index in [1.807, 2.05) is 6.07 Å². The van der Waals surface area contributed by atoms with Crippen LogP contribution in [0.25, 0.3) is 0 Å². The van der Waals surface area contributed by atoms with Crippen LogP contribution in [0.1, 0.15) is 45.2 Å². The average Bonchev–Trinajstić information content (AvgIpc) is 2.59. The summed E-state index contributed by atoms with van der Waals surface area (Å²) in [5.74, 6) is 0.0450. The van der Waals surface area contributed by atoms with Crippen molar-refractivity contribution in [1.29, 1.82) is 0 Å². The van der Waals surface area contributed by atoms with E-state index < -0.39 is 26.5 Å². The van der Waals surface area contributed by atoms with Crippen LogP contribution in [0.15, 0.2) is 18.2 Å². The van der Waals surface area contributed by atoms with Gasteiger partial charge >= 0.3 is 19.7 Å². The lowest BCUT2D eigenvalue weighted by Gasteiger charge is -2.28. The summed E-state index contributed by atoms with van der Waals surface area (Å²) in [7, 11) is -3.12. The number of hydrogen-bond acceptors (Lipinski definition) is 8. The van der Waals surface area contributed by atoms with Crippen LogP contribution in [-0.4, -0.2) is 30.7 Å². The van der Waals surface area contributed by atoms with Crippen molar-refractivity contribution in [3.8, 4) is 5.75 Å². The smallest absolute Gasteiger partial charge is 0.431 e. The zero-order chi connectivity index (χ0) is 20.0. The van der Waals surface area contributed by atoms with Crippen LogP contribution in [0.2, 0.25) is 0 Å². The largest absolute Gasteiger partial charge is 0.511 e. The van der Waals surface area contributed by atoms with Crippen LogP contribution in [0.3, 0.4) is 0 Å². The Morgan fingerprint density at radius 3 is 2.59 bits per heavy atom. The first-order valence-corrected chi connectivity index (χ1v) is 10.4. The van der Waals surface area contributed by atoms with E-state index in [-0.39, 0.29) is 24.8 Å². The maximum Gasteiger partial charge on any atom is 0.511 e. The van der Waals surface area contributed by atoms with Crippen molar-refractivity contribution < 1.29 is 37.4 Å². The predicted molar refractivity (Wildman–Crippen MR) is 96.6 cm³/mol. The number of fused-ring (bicyclic) bond motifs is 1. The van der Waals surface area contributed by atoms with Gasteiger partial charge in [0, 0.05) is 12.0 Å². The van der Waals surface area contributed by atoms with E-state index in [0.29, 0.717) is 12.2 Å². The summed E-state index contributed by atoms with van der Waals surface area (Å²) in [6.45, 7) is 6.67. The number of ether oxygens (including phenoxy) is 3. The Kier molecular flexibility index (Phi) is 7.27. The highest BCUT2D eigenvalue weighted by Gasteiger charge is 2.35. The minimum absolute atomic E-state index is 0.119. The van der Waals surface area contributed by atoms with Gasteiger partial charge in [0.25, 0.3) is 0 Å². The summed E-state index contributed by atoms with van der Waals surface area (Å²) in [6.07, 6.45) is -0.636. The molecule has 0 N–H and O–H groups in total. The molecule has 0 aliphatic carbocycles. The monoisotopic (exact) mass is 400 g/mol. The standard InChI is InChI=1S/C18H25O8P/c1-12(2)25-18(20)23-11-22-17(19)8-6-14-5-7-16-15(9-14)10-24-27(21,26-16)13(3)4/h5,7,9,12-13H,6,8,10-11H2,1-4H3. The second-order valence-corrected chi connectivity index (χ2v) is 9.19. The molecular formula is C18H25O8P. The molecule has 0 amide bonds. The third-order valence-corrected chi connectivity index (χ3v) is 5.93. The third kappa shape index (κ3) is 6.26. The van der Waals surface area contributed by atoms with Gasteiger partial charge in [-0.05, 0) is 38.0 Å². The van der Waals surface area contributed by atoms with Gasteiger partial charge in [-0.25, -0.2) is 9.36 Å². The number of aryl methyl sites for hydroxylation is 1. The van der Waals surface area contributed by atoms with Crippen molar-refractivity contribution in [2.24, 2.45) is 0 Å².